The van der Waals surface area contributed by atoms with E-state index in [1.165, 1.54) is 18.5 Å². The molecule has 2 fully saturated rings. The number of nitrogens with zero attached hydrogens (tertiary/aromatic N) is 2. The van der Waals surface area contributed by atoms with Crippen LogP contribution in [0.1, 0.15) is 12.0 Å². The topological polar surface area (TPSA) is 35.6 Å². The van der Waals surface area contributed by atoms with Crippen LogP contribution in [-0.2, 0) is 11.2 Å². The fourth-order valence-electron chi connectivity index (χ4n) is 4.13. The standard InChI is InChI=1S/C17H23N3O.ClH/c21-17(20-8-6-13-3-1-2-4-16(13)20)12-19-7-5-14-9-18-10-15(14)11-19;/h1-4,14-15,18H,5-12H2;1H. The van der Waals surface area contributed by atoms with Crippen LogP contribution in [0.15, 0.2) is 24.3 Å². The Morgan fingerprint density at radius 1 is 1.18 bits per heavy atom. The molecule has 3 aliphatic heterocycles. The van der Waals surface area contributed by atoms with Crippen molar-refractivity contribution in [3.63, 3.8) is 0 Å². The van der Waals surface area contributed by atoms with Gasteiger partial charge in [-0.25, -0.2) is 0 Å². The lowest BCUT2D eigenvalue weighted by atomic mass is 9.89. The van der Waals surface area contributed by atoms with E-state index in [9.17, 15) is 4.79 Å². The van der Waals surface area contributed by atoms with E-state index in [1.54, 1.807) is 0 Å². The van der Waals surface area contributed by atoms with Crippen molar-refractivity contribution in [2.45, 2.75) is 12.8 Å². The molecule has 3 aliphatic rings. The van der Waals surface area contributed by atoms with Gasteiger partial charge in [0.2, 0.25) is 5.91 Å². The monoisotopic (exact) mass is 321 g/mol. The molecule has 4 nitrogen and oxygen atoms in total. The van der Waals surface area contributed by atoms with Gasteiger partial charge in [0.15, 0.2) is 0 Å². The molecule has 0 aliphatic carbocycles. The molecule has 22 heavy (non-hydrogen) atoms. The van der Waals surface area contributed by atoms with E-state index in [0.717, 1.165) is 50.1 Å². The number of fused-ring (bicyclic) bond motifs is 2. The second-order valence-corrected chi connectivity index (χ2v) is 6.63. The van der Waals surface area contributed by atoms with E-state index in [-0.39, 0.29) is 18.3 Å². The predicted octanol–water partition coefficient (Wildman–Crippen LogP) is 1.54. The Hall–Kier alpha value is -1.10. The summed E-state index contributed by atoms with van der Waals surface area (Å²) in [6, 6.07) is 8.30. The lowest BCUT2D eigenvalue weighted by molar-refractivity contribution is -0.120. The zero-order chi connectivity index (χ0) is 14.2. The number of carbonyl (C=O) groups excluding carboxylic acids is 1. The largest absolute Gasteiger partial charge is 0.316 e. The van der Waals surface area contributed by atoms with Gasteiger partial charge in [0.05, 0.1) is 6.54 Å². The first-order valence-corrected chi connectivity index (χ1v) is 8.12. The lowest BCUT2D eigenvalue weighted by Crippen LogP contribution is -2.46. The average Bonchev–Trinajstić information content (AvgIpc) is 3.13. The number of hydrogen-bond donors (Lipinski definition) is 1. The maximum absolute atomic E-state index is 12.6. The van der Waals surface area contributed by atoms with Crippen LogP contribution in [0.5, 0.6) is 0 Å². The number of anilines is 1. The SMILES string of the molecule is Cl.O=C(CN1CCC2CNCC2C1)N1CCc2ccccc21. The summed E-state index contributed by atoms with van der Waals surface area (Å²) in [6.45, 7) is 5.88. The minimum atomic E-state index is 0. The first-order chi connectivity index (χ1) is 10.3. The van der Waals surface area contributed by atoms with Gasteiger partial charge in [0.25, 0.3) is 0 Å². The van der Waals surface area contributed by atoms with Gasteiger partial charge in [0, 0.05) is 18.8 Å². The molecule has 1 aromatic rings. The molecular formula is C17H24ClN3O. The van der Waals surface area contributed by atoms with Crippen LogP contribution in [0.2, 0.25) is 0 Å². The van der Waals surface area contributed by atoms with E-state index in [1.807, 2.05) is 11.0 Å². The summed E-state index contributed by atoms with van der Waals surface area (Å²) in [6.07, 6.45) is 2.23. The zero-order valence-corrected chi connectivity index (χ0v) is 13.6. The van der Waals surface area contributed by atoms with Gasteiger partial charge in [-0.1, -0.05) is 18.2 Å². The molecule has 2 atom stereocenters. The van der Waals surface area contributed by atoms with Crippen molar-refractivity contribution in [1.29, 1.82) is 0 Å². The highest BCUT2D eigenvalue weighted by atomic mass is 35.5. The molecule has 4 rings (SSSR count). The number of piperidine rings is 1. The first-order valence-electron chi connectivity index (χ1n) is 8.12. The second kappa shape index (κ2) is 6.57. The molecule has 1 N–H and O–H groups in total. The molecule has 5 heteroatoms. The normalized spacial score (nSPS) is 27.2. The van der Waals surface area contributed by atoms with Crippen LogP contribution < -0.4 is 10.2 Å². The fourth-order valence-corrected chi connectivity index (χ4v) is 4.13. The highest BCUT2D eigenvalue weighted by Crippen LogP contribution is 2.29. The maximum Gasteiger partial charge on any atom is 0.241 e. The molecule has 120 valence electrons. The Balaban J connectivity index is 0.00000144. The van der Waals surface area contributed by atoms with E-state index in [2.05, 4.69) is 28.4 Å². The number of benzene rings is 1. The summed E-state index contributed by atoms with van der Waals surface area (Å²) < 4.78 is 0. The van der Waals surface area contributed by atoms with Crippen LogP contribution in [0.4, 0.5) is 5.69 Å². The van der Waals surface area contributed by atoms with Crippen molar-refractivity contribution in [3.05, 3.63) is 29.8 Å². The molecule has 2 saturated heterocycles. The third kappa shape index (κ3) is 2.87. The summed E-state index contributed by atoms with van der Waals surface area (Å²) >= 11 is 0. The molecular weight excluding hydrogens is 298 g/mol. The smallest absolute Gasteiger partial charge is 0.241 e. The number of para-hydroxylation sites is 1. The van der Waals surface area contributed by atoms with Crippen molar-refractivity contribution in [3.8, 4) is 0 Å². The van der Waals surface area contributed by atoms with Crippen LogP contribution >= 0.6 is 12.4 Å². The number of nitrogens with one attached hydrogen (secondary N) is 1. The van der Waals surface area contributed by atoms with Crippen molar-refractivity contribution in [1.82, 2.24) is 10.2 Å². The molecule has 0 spiro atoms. The molecule has 0 radical (unpaired) electrons. The molecule has 1 aromatic carbocycles. The molecule has 3 heterocycles. The third-order valence-electron chi connectivity index (χ3n) is 5.34. The summed E-state index contributed by atoms with van der Waals surface area (Å²) in [7, 11) is 0. The van der Waals surface area contributed by atoms with Gasteiger partial charge in [-0.15, -0.1) is 12.4 Å². The Morgan fingerprint density at radius 3 is 2.91 bits per heavy atom. The van der Waals surface area contributed by atoms with Crippen molar-refractivity contribution in [2.75, 3.05) is 44.2 Å². The summed E-state index contributed by atoms with van der Waals surface area (Å²) in [5, 5.41) is 3.48. The van der Waals surface area contributed by atoms with Gasteiger partial charge < -0.3 is 10.2 Å². The second-order valence-electron chi connectivity index (χ2n) is 6.63. The number of halogens is 1. The number of carbonyl (C=O) groups is 1. The minimum Gasteiger partial charge on any atom is -0.316 e. The first kappa shape index (κ1) is 15.8. The zero-order valence-electron chi connectivity index (χ0n) is 12.8. The van der Waals surface area contributed by atoms with Crippen molar-refractivity contribution >= 4 is 24.0 Å². The molecule has 1 amide bonds. The third-order valence-corrected chi connectivity index (χ3v) is 5.34. The Morgan fingerprint density at radius 2 is 2.00 bits per heavy atom. The van der Waals surface area contributed by atoms with Crippen LogP contribution in [0, 0.1) is 11.8 Å². The molecule has 0 aromatic heterocycles. The van der Waals surface area contributed by atoms with Gasteiger partial charge >= 0.3 is 0 Å². The quantitative estimate of drug-likeness (QED) is 0.897. The fraction of sp³-hybridized carbons (Fsp3) is 0.588. The van der Waals surface area contributed by atoms with E-state index in [4.69, 9.17) is 0 Å². The minimum absolute atomic E-state index is 0. The van der Waals surface area contributed by atoms with E-state index in [0.29, 0.717) is 6.54 Å². The summed E-state index contributed by atoms with van der Waals surface area (Å²) in [5.74, 6) is 1.85. The predicted molar refractivity (Wildman–Crippen MR) is 90.7 cm³/mol. The van der Waals surface area contributed by atoms with E-state index >= 15 is 0 Å². The lowest BCUT2D eigenvalue weighted by Gasteiger charge is -2.34. The van der Waals surface area contributed by atoms with Gasteiger partial charge in [-0.05, 0) is 55.9 Å². The number of likely N-dealkylation sites (tertiary alicyclic amines) is 1. The Kier molecular flexibility index (Phi) is 4.71. The Labute approximate surface area is 138 Å². The maximum atomic E-state index is 12.6. The van der Waals surface area contributed by atoms with Gasteiger partial charge in [-0.3, -0.25) is 9.69 Å². The van der Waals surface area contributed by atoms with Crippen molar-refractivity contribution < 1.29 is 4.79 Å². The molecule has 0 saturated carbocycles. The van der Waals surface area contributed by atoms with Crippen LogP contribution in [-0.4, -0.2) is 50.1 Å². The summed E-state index contributed by atoms with van der Waals surface area (Å²) in [5.41, 5.74) is 2.43. The number of amides is 1. The highest BCUT2D eigenvalue weighted by molar-refractivity contribution is 5.96. The number of rotatable bonds is 2. The average molecular weight is 322 g/mol. The van der Waals surface area contributed by atoms with Crippen LogP contribution in [0.25, 0.3) is 0 Å². The van der Waals surface area contributed by atoms with Crippen LogP contribution in [0.3, 0.4) is 0 Å². The highest BCUT2D eigenvalue weighted by Gasteiger charge is 2.34. The van der Waals surface area contributed by atoms with Crippen molar-refractivity contribution in [2.24, 2.45) is 11.8 Å². The van der Waals surface area contributed by atoms with Gasteiger partial charge in [0.1, 0.15) is 0 Å². The van der Waals surface area contributed by atoms with E-state index < -0.39 is 0 Å². The Bertz CT molecular complexity index is 550. The molecule has 0 bridgehead atoms. The number of hydrogen-bond acceptors (Lipinski definition) is 3. The molecule has 2 unspecified atom stereocenters. The summed E-state index contributed by atoms with van der Waals surface area (Å²) in [4.78, 5) is 17.0. The van der Waals surface area contributed by atoms with Gasteiger partial charge in [-0.2, -0.15) is 0 Å².